The maximum Gasteiger partial charge on any atom is 0.240 e. The van der Waals surface area contributed by atoms with E-state index in [2.05, 4.69) is 5.32 Å². The van der Waals surface area contributed by atoms with Crippen molar-refractivity contribution in [3.8, 4) is 0 Å². The van der Waals surface area contributed by atoms with Crippen molar-refractivity contribution in [2.24, 2.45) is 5.14 Å². The van der Waals surface area contributed by atoms with Crippen molar-refractivity contribution < 1.29 is 12.8 Å². The quantitative estimate of drug-likeness (QED) is 0.815. The lowest BCUT2D eigenvalue weighted by Crippen LogP contribution is -2.16. The van der Waals surface area contributed by atoms with Crippen LogP contribution in [0.25, 0.3) is 0 Å². The first kappa shape index (κ1) is 10.4. The second-order valence-corrected chi connectivity index (χ2v) is 5.13. The van der Waals surface area contributed by atoms with E-state index in [1.54, 1.807) is 0 Å². The van der Waals surface area contributed by atoms with Crippen LogP contribution in [0.2, 0.25) is 0 Å². The number of hydrogen-bond acceptors (Lipinski definition) is 3. The van der Waals surface area contributed by atoms with Crippen molar-refractivity contribution in [1.82, 2.24) is 0 Å². The van der Waals surface area contributed by atoms with Gasteiger partial charge in [-0.1, -0.05) is 0 Å². The average molecular weight is 230 g/mol. The molecule has 15 heavy (non-hydrogen) atoms. The summed E-state index contributed by atoms with van der Waals surface area (Å²) in [6.45, 7) is 0. The smallest absolute Gasteiger partial charge is 0.240 e. The first-order valence-electron chi connectivity index (χ1n) is 4.56. The van der Waals surface area contributed by atoms with E-state index in [-0.39, 0.29) is 10.9 Å². The summed E-state index contributed by atoms with van der Waals surface area (Å²) in [6, 6.07) is 3.82. The summed E-state index contributed by atoms with van der Waals surface area (Å²) >= 11 is 0. The SMILES string of the molecule is NS(=O)(=O)c1cc(F)ccc1NC1CC1. The highest BCUT2D eigenvalue weighted by molar-refractivity contribution is 7.89. The highest BCUT2D eigenvalue weighted by atomic mass is 32.2. The van der Waals surface area contributed by atoms with Gasteiger partial charge in [-0.25, -0.2) is 17.9 Å². The number of nitrogens with one attached hydrogen (secondary N) is 1. The molecule has 1 aliphatic carbocycles. The van der Waals surface area contributed by atoms with Gasteiger partial charge in [0, 0.05) is 6.04 Å². The predicted octanol–water partition coefficient (Wildman–Crippen LogP) is 1.05. The molecule has 1 fully saturated rings. The van der Waals surface area contributed by atoms with E-state index in [0.29, 0.717) is 5.69 Å². The van der Waals surface area contributed by atoms with Gasteiger partial charge in [0.15, 0.2) is 0 Å². The Morgan fingerprint density at radius 2 is 2.07 bits per heavy atom. The summed E-state index contributed by atoms with van der Waals surface area (Å²) in [5.74, 6) is -0.611. The van der Waals surface area contributed by atoms with Crippen molar-refractivity contribution >= 4 is 15.7 Å². The molecule has 0 aromatic heterocycles. The van der Waals surface area contributed by atoms with E-state index in [9.17, 15) is 12.8 Å². The fourth-order valence-corrected chi connectivity index (χ4v) is 2.01. The van der Waals surface area contributed by atoms with Gasteiger partial charge in [0.2, 0.25) is 10.0 Å². The zero-order valence-electron chi connectivity index (χ0n) is 7.90. The van der Waals surface area contributed by atoms with E-state index in [1.165, 1.54) is 12.1 Å². The van der Waals surface area contributed by atoms with Crippen LogP contribution in [0, 0.1) is 5.82 Å². The summed E-state index contributed by atoms with van der Waals surface area (Å²) in [7, 11) is -3.88. The number of sulfonamides is 1. The van der Waals surface area contributed by atoms with Crippen LogP contribution >= 0.6 is 0 Å². The third kappa shape index (κ3) is 2.45. The fourth-order valence-electron chi connectivity index (χ4n) is 1.30. The number of hydrogen-bond donors (Lipinski definition) is 2. The van der Waals surface area contributed by atoms with Crippen LogP contribution in [0.4, 0.5) is 10.1 Å². The Hall–Kier alpha value is -1.14. The molecule has 0 saturated heterocycles. The molecule has 82 valence electrons. The van der Waals surface area contributed by atoms with E-state index < -0.39 is 15.8 Å². The maximum absolute atomic E-state index is 12.9. The minimum atomic E-state index is -3.88. The Bertz CT molecular complexity index is 483. The van der Waals surface area contributed by atoms with Crippen LogP contribution in [-0.2, 0) is 10.0 Å². The molecule has 1 saturated carbocycles. The van der Waals surface area contributed by atoms with Gasteiger partial charge in [0.25, 0.3) is 0 Å². The third-order valence-electron chi connectivity index (χ3n) is 2.19. The molecule has 0 bridgehead atoms. The Morgan fingerprint density at radius 3 is 2.60 bits per heavy atom. The molecule has 0 atom stereocenters. The first-order chi connectivity index (χ1) is 6.97. The molecule has 0 spiro atoms. The van der Waals surface area contributed by atoms with Crippen molar-refractivity contribution in [3.05, 3.63) is 24.0 Å². The van der Waals surface area contributed by atoms with Crippen LogP contribution < -0.4 is 10.5 Å². The molecule has 0 aliphatic heterocycles. The van der Waals surface area contributed by atoms with E-state index in [1.807, 2.05) is 0 Å². The largest absolute Gasteiger partial charge is 0.381 e. The summed E-state index contributed by atoms with van der Waals surface area (Å²) in [5.41, 5.74) is 0.376. The molecule has 0 unspecified atom stereocenters. The summed E-state index contributed by atoms with van der Waals surface area (Å²) in [5, 5.41) is 7.98. The van der Waals surface area contributed by atoms with E-state index >= 15 is 0 Å². The lowest BCUT2D eigenvalue weighted by Gasteiger charge is -2.09. The second-order valence-electron chi connectivity index (χ2n) is 3.60. The standard InChI is InChI=1S/C9H11FN2O2S/c10-6-1-4-8(12-7-2-3-7)9(5-6)15(11,13)14/h1,4-5,7,12H,2-3H2,(H2,11,13,14). The molecule has 1 aromatic rings. The minimum absolute atomic E-state index is 0.186. The lowest BCUT2D eigenvalue weighted by atomic mass is 10.3. The first-order valence-corrected chi connectivity index (χ1v) is 6.10. The molecule has 0 heterocycles. The molecule has 6 heteroatoms. The maximum atomic E-state index is 12.9. The Morgan fingerprint density at radius 1 is 1.40 bits per heavy atom. The van der Waals surface area contributed by atoms with Crippen molar-refractivity contribution in [2.75, 3.05) is 5.32 Å². The zero-order valence-corrected chi connectivity index (χ0v) is 8.72. The van der Waals surface area contributed by atoms with Crippen LogP contribution in [0.15, 0.2) is 23.1 Å². The predicted molar refractivity (Wildman–Crippen MR) is 54.4 cm³/mol. The molecule has 4 nitrogen and oxygen atoms in total. The lowest BCUT2D eigenvalue weighted by molar-refractivity contribution is 0.592. The van der Waals surface area contributed by atoms with Gasteiger partial charge in [-0.3, -0.25) is 0 Å². The van der Waals surface area contributed by atoms with Gasteiger partial charge in [0.1, 0.15) is 10.7 Å². The molecule has 1 aliphatic rings. The van der Waals surface area contributed by atoms with Crippen LogP contribution in [0.3, 0.4) is 0 Å². The summed E-state index contributed by atoms with van der Waals surface area (Å²) < 4.78 is 35.2. The number of nitrogens with two attached hydrogens (primary N) is 1. The summed E-state index contributed by atoms with van der Waals surface area (Å²) in [4.78, 5) is -0.186. The van der Waals surface area contributed by atoms with Gasteiger partial charge in [-0.05, 0) is 31.0 Å². The van der Waals surface area contributed by atoms with Crippen molar-refractivity contribution in [3.63, 3.8) is 0 Å². The molecular weight excluding hydrogens is 219 g/mol. The van der Waals surface area contributed by atoms with Crippen LogP contribution in [0.1, 0.15) is 12.8 Å². The minimum Gasteiger partial charge on any atom is -0.381 e. The molecule has 3 N–H and O–H groups in total. The fraction of sp³-hybridized carbons (Fsp3) is 0.333. The zero-order chi connectivity index (χ0) is 11.1. The molecular formula is C9H11FN2O2S. The Kier molecular flexibility index (Phi) is 2.40. The number of halogens is 1. The van der Waals surface area contributed by atoms with Crippen LogP contribution in [-0.4, -0.2) is 14.5 Å². The van der Waals surface area contributed by atoms with Crippen molar-refractivity contribution in [1.29, 1.82) is 0 Å². The second kappa shape index (κ2) is 3.46. The Labute approximate surface area is 87.3 Å². The highest BCUT2D eigenvalue weighted by Gasteiger charge is 2.24. The van der Waals surface area contributed by atoms with Gasteiger partial charge in [-0.2, -0.15) is 0 Å². The molecule has 1 aromatic carbocycles. The molecule has 0 radical (unpaired) electrons. The van der Waals surface area contributed by atoms with Crippen LogP contribution in [0.5, 0.6) is 0 Å². The molecule has 2 rings (SSSR count). The normalized spacial score (nSPS) is 16.4. The number of anilines is 1. The highest BCUT2D eigenvalue weighted by Crippen LogP contribution is 2.28. The molecule has 0 amide bonds. The number of benzene rings is 1. The topological polar surface area (TPSA) is 72.2 Å². The van der Waals surface area contributed by atoms with Gasteiger partial charge in [-0.15, -0.1) is 0 Å². The van der Waals surface area contributed by atoms with Gasteiger partial charge in [0.05, 0.1) is 5.69 Å². The van der Waals surface area contributed by atoms with E-state index in [0.717, 1.165) is 18.9 Å². The average Bonchev–Trinajstić information content (AvgIpc) is 2.90. The van der Waals surface area contributed by atoms with Gasteiger partial charge >= 0.3 is 0 Å². The monoisotopic (exact) mass is 230 g/mol. The third-order valence-corrected chi connectivity index (χ3v) is 3.14. The summed E-state index contributed by atoms with van der Waals surface area (Å²) in [6.07, 6.45) is 2.00. The van der Waals surface area contributed by atoms with E-state index in [4.69, 9.17) is 5.14 Å². The van der Waals surface area contributed by atoms with Crippen molar-refractivity contribution in [2.45, 2.75) is 23.8 Å². The number of rotatable bonds is 3. The Balaban J connectivity index is 2.43. The van der Waals surface area contributed by atoms with Gasteiger partial charge < -0.3 is 5.32 Å². The number of primary sulfonamides is 1.